The minimum atomic E-state index is -0.583. The maximum absolute atomic E-state index is 13.7. The molecule has 0 atom stereocenters. The molecular formula is C19H19FN2O4. The molecule has 0 bridgehead atoms. The van der Waals surface area contributed by atoms with Crippen LogP contribution in [0, 0.1) is 11.7 Å². The van der Waals surface area contributed by atoms with Gasteiger partial charge in [0.25, 0.3) is 0 Å². The van der Waals surface area contributed by atoms with Crippen molar-refractivity contribution in [1.29, 1.82) is 0 Å². The fourth-order valence-electron chi connectivity index (χ4n) is 2.87. The number of carbonyl (C=O) groups is 2. The van der Waals surface area contributed by atoms with Crippen LogP contribution in [0.25, 0.3) is 11.1 Å². The summed E-state index contributed by atoms with van der Waals surface area (Å²) in [5, 5.41) is 0. The predicted octanol–water partition coefficient (Wildman–Crippen LogP) is 3.21. The quantitative estimate of drug-likeness (QED) is 0.559. The zero-order chi connectivity index (χ0) is 18.5. The van der Waals surface area contributed by atoms with Crippen molar-refractivity contribution in [2.45, 2.75) is 32.3 Å². The Morgan fingerprint density at radius 1 is 1.27 bits per heavy atom. The second kappa shape index (κ2) is 8.03. The van der Waals surface area contributed by atoms with Gasteiger partial charge in [-0.05, 0) is 43.4 Å². The molecule has 136 valence electrons. The summed E-state index contributed by atoms with van der Waals surface area (Å²) in [5.41, 5.74) is 1.22. The van der Waals surface area contributed by atoms with E-state index in [1.54, 1.807) is 25.4 Å². The number of carbonyl (C=O) groups excluding carboxylic acids is 2. The first-order valence-corrected chi connectivity index (χ1v) is 8.48. The number of hydrogen-bond donors (Lipinski definition) is 0. The molecule has 1 aromatic carbocycles. The standard InChI is InChI=1S/C19H19FN2O4/c1-2-25-18(24)7-12-5-16(6-12)26-19-21-9-15(10-22-19)13-3-4-14(11-23)17(20)8-13/h3-4,8-12,16H,2,5-7H2,1H3. The molecule has 0 aliphatic heterocycles. The summed E-state index contributed by atoms with van der Waals surface area (Å²) in [6, 6.07) is 4.57. The average Bonchev–Trinajstić information content (AvgIpc) is 2.60. The number of halogens is 1. The minimum absolute atomic E-state index is 0.00963. The van der Waals surface area contributed by atoms with Crippen LogP contribution in [0.2, 0.25) is 0 Å². The van der Waals surface area contributed by atoms with Crippen LogP contribution in [0.4, 0.5) is 4.39 Å². The van der Waals surface area contributed by atoms with Gasteiger partial charge in [-0.2, -0.15) is 0 Å². The number of aromatic nitrogens is 2. The van der Waals surface area contributed by atoms with Gasteiger partial charge in [0.1, 0.15) is 11.9 Å². The highest BCUT2D eigenvalue weighted by atomic mass is 19.1. The molecule has 1 fully saturated rings. The van der Waals surface area contributed by atoms with Gasteiger partial charge in [-0.3, -0.25) is 9.59 Å². The lowest BCUT2D eigenvalue weighted by Gasteiger charge is -2.33. The third-order valence-corrected chi connectivity index (χ3v) is 4.31. The molecule has 0 N–H and O–H groups in total. The molecule has 0 spiro atoms. The van der Waals surface area contributed by atoms with E-state index in [0.29, 0.717) is 30.4 Å². The monoisotopic (exact) mass is 358 g/mol. The summed E-state index contributed by atoms with van der Waals surface area (Å²) in [5.74, 6) is -0.484. The molecule has 0 saturated heterocycles. The Labute approximate surface area is 150 Å². The van der Waals surface area contributed by atoms with Crippen molar-refractivity contribution in [1.82, 2.24) is 9.97 Å². The van der Waals surface area contributed by atoms with Gasteiger partial charge in [-0.15, -0.1) is 0 Å². The number of aldehydes is 1. The summed E-state index contributed by atoms with van der Waals surface area (Å²) >= 11 is 0. The maximum Gasteiger partial charge on any atom is 0.316 e. The van der Waals surface area contributed by atoms with E-state index >= 15 is 0 Å². The van der Waals surface area contributed by atoms with Crippen molar-refractivity contribution in [3.8, 4) is 17.1 Å². The number of nitrogens with zero attached hydrogens (tertiary/aromatic N) is 2. The van der Waals surface area contributed by atoms with E-state index < -0.39 is 5.82 Å². The molecule has 26 heavy (non-hydrogen) atoms. The number of esters is 1. The van der Waals surface area contributed by atoms with Gasteiger partial charge in [-0.25, -0.2) is 14.4 Å². The number of hydrogen-bond acceptors (Lipinski definition) is 6. The fourth-order valence-corrected chi connectivity index (χ4v) is 2.87. The highest BCUT2D eigenvalue weighted by molar-refractivity contribution is 5.77. The van der Waals surface area contributed by atoms with Crippen LogP contribution < -0.4 is 4.74 Å². The predicted molar refractivity (Wildman–Crippen MR) is 91.2 cm³/mol. The molecule has 0 unspecified atom stereocenters. The maximum atomic E-state index is 13.7. The molecule has 6 nitrogen and oxygen atoms in total. The van der Waals surface area contributed by atoms with E-state index in [1.165, 1.54) is 12.1 Å². The van der Waals surface area contributed by atoms with Crippen LogP contribution in [0.15, 0.2) is 30.6 Å². The van der Waals surface area contributed by atoms with Crippen molar-refractivity contribution in [3.05, 3.63) is 42.0 Å². The Morgan fingerprint density at radius 3 is 2.62 bits per heavy atom. The summed E-state index contributed by atoms with van der Waals surface area (Å²) < 4.78 is 24.3. The Balaban J connectivity index is 1.54. The topological polar surface area (TPSA) is 78.4 Å². The lowest BCUT2D eigenvalue weighted by atomic mass is 9.80. The van der Waals surface area contributed by atoms with Crippen LogP contribution >= 0.6 is 0 Å². The van der Waals surface area contributed by atoms with Gasteiger partial charge >= 0.3 is 12.0 Å². The van der Waals surface area contributed by atoms with E-state index in [-0.39, 0.29) is 29.6 Å². The molecule has 1 aromatic heterocycles. The van der Waals surface area contributed by atoms with Crippen LogP contribution in [0.5, 0.6) is 6.01 Å². The first-order chi connectivity index (χ1) is 12.6. The summed E-state index contributed by atoms with van der Waals surface area (Å²) in [6.45, 7) is 2.18. The van der Waals surface area contributed by atoms with Crippen LogP contribution in [-0.2, 0) is 9.53 Å². The Kier molecular flexibility index (Phi) is 5.55. The summed E-state index contributed by atoms with van der Waals surface area (Å²) in [6.07, 6.45) is 5.50. The third-order valence-electron chi connectivity index (χ3n) is 4.31. The van der Waals surface area contributed by atoms with Gasteiger partial charge < -0.3 is 9.47 Å². The normalized spacial score (nSPS) is 18.7. The molecule has 1 saturated carbocycles. The van der Waals surface area contributed by atoms with Crippen molar-refractivity contribution >= 4 is 12.3 Å². The number of benzene rings is 1. The first kappa shape index (κ1) is 18.0. The zero-order valence-corrected chi connectivity index (χ0v) is 14.4. The molecule has 0 amide bonds. The van der Waals surface area contributed by atoms with Gasteiger partial charge in [0.05, 0.1) is 12.2 Å². The van der Waals surface area contributed by atoms with Gasteiger partial charge in [-0.1, -0.05) is 6.07 Å². The molecule has 3 rings (SSSR count). The van der Waals surface area contributed by atoms with Crippen LogP contribution in [0.1, 0.15) is 36.5 Å². The van der Waals surface area contributed by atoms with Gasteiger partial charge in [0.15, 0.2) is 6.29 Å². The van der Waals surface area contributed by atoms with E-state index in [9.17, 15) is 14.0 Å². The average molecular weight is 358 g/mol. The van der Waals surface area contributed by atoms with Crippen molar-refractivity contribution in [2.75, 3.05) is 6.61 Å². The molecule has 2 aromatic rings. The van der Waals surface area contributed by atoms with Gasteiger partial charge in [0.2, 0.25) is 0 Å². The lowest BCUT2D eigenvalue weighted by molar-refractivity contribution is -0.145. The number of rotatable bonds is 7. The van der Waals surface area contributed by atoms with Gasteiger partial charge in [0, 0.05) is 24.4 Å². The molecule has 0 radical (unpaired) electrons. The highest BCUT2D eigenvalue weighted by Gasteiger charge is 2.33. The van der Waals surface area contributed by atoms with E-state index in [4.69, 9.17) is 9.47 Å². The van der Waals surface area contributed by atoms with Crippen molar-refractivity contribution in [3.63, 3.8) is 0 Å². The second-order valence-electron chi connectivity index (χ2n) is 6.19. The molecule has 1 heterocycles. The summed E-state index contributed by atoms with van der Waals surface area (Å²) in [4.78, 5) is 30.4. The SMILES string of the molecule is CCOC(=O)CC1CC(Oc2ncc(-c3ccc(C=O)c(F)c3)cn2)C1. The second-order valence-corrected chi connectivity index (χ2v) is 6.19. The largest absolute Gasteiger partial charge is 0.466 e. The van der Waals surface area contributed by atoms with E-state index in [1.807, 2.05) is 0 Å². The fraction of sp³-hybridized carbons (Fsp3) is 0.368. The summed E-state index contributed by atoms with van der Waals surface area (Å²) in [7, 11) is 0. The van der Waals surface area contributed by atoms with E-state index in [0.717, 1.165) is 12.8 Å². The van der Waals surface area contributed by atoms with Crippen molar-refractivity contribution in [2.24, 2.45) is 5.92 Å². The van der Waals surface area contributed by atoms with Crippen LogP contribution in [-0.4, -0.2) is 34.9 Å². The molecule has 1 aliphatic rings. The zero-order valence-electron chi connectivity index (χ0n) is 14.4. The minimum Gasteiger partial charge on any atom is -0.466 e. The van der Waals surface area contributed by atoms with Crippen molar-refractivity contribution < 1.29 is 23.5 Å². The van der Waals surface area contributed by atoms with Crippen LogP contribution in [0.3, 0.4) is 0 Å². The third kappa shape index (κ3) is 4.22. The highest BCUT2D eigenvalue weighted by Crippen LogP contribution is 2.33. The number of ether oxygens (including phenoxy) is 2. The van der Waals surface area contributed by atoms with E-state index in [2.05, 4.69) is 9.97 Å². The Hall–Kier alpha value is -2.83. The first-order valence-electron chi connectivity index (χ1n) is 8.48. The smallest absolute Gasteiger partial charge is 0.316 e. The lowest BCUT2D eigenvalue weighted by Crippen LogP contribution is -2.35. The molecule has 1 aliphatic carbocycles. The Bertz CT molecular complexity index is 789. The molecular weight excluding hydrogens is 339 g/mol. The Morgan fingerprint density at radius 2 is 2.00 bits per heavy atom. The molecule has 7 heteroatoms.